The number of nitrogens with one attached hydrogen (secondary N) is 1. The van der Waals surface area contributed by atoms with Crippen molar-refractivity contribution >= 4 is 29.2 Å². The van der Waals surface area contributed by atoms with E-state index in [2.05, 4.69) is 15.4 Å². The van der Waals surface area contributed by atoms with E-state index in [4.69, 9.17) is 0 Å². The number of allylic oxidation sites excluding steroid dienone is 2. The van der Waals surface area contributed by atoms with Crippen LogP contribution in [-0.2, 0) is 4.79 Å². The summed E-state index contributed by atoms with van der Waals surface area (Å²) in [7, 11) is 0. The van der Waals surface area contributed by atoms with E-state index < -0.39 is 11.0 Å². The molecule has 2 heterocycles. The number of nitro benzene ring substituents is 1. The van der Waals surface area contributed by atoms with E-state index in [1.54, 1.807) is 22.9 Å². The second-order valence-electron chi connectivity index (χ2n) is 6.11. The molecule has 1 aliphatic carbocycles. The average Bonchev–Trinajstić information content (AvgIpc) is 3.02. The third-order valence-corrected chi connectivity index (χ3v) is 5.27. The first-order valence-corrected chi connectivity index (χ1v) is 9.44. The van der Waals surface area contributed by atoms with Gasteiger partial charge in [-0.3, -0.25) is 14.9 Å². The first-order chi connectivity index (χ1) is 12.6. The molecule has 26 heavy (non-hydrogen) atoms. The van der Waals surface area contributed by atoms with Gasteiger partial charge < -0.3 is 5.32 Å². The van der Waals surface area contributed by atoms with Gasteiger partial charge in [0.2, 0.25) is 11.1 Å². The average molecular weight is 371 g/mol. The molecule has 0 amide bonds. The molecule has 4 rings (SSSR count). The van der Waals surface area contributed by atoms with Gasteiger partial charge in [0.15, 0.2) is 5.78 Å². The molecule has 0 spiro atoms. The van der Waals surface area contributed by atoms with Crippen LogP contribution in [0.2, 0.25) is 0 Å². The maximum atomic E-state index is 12.7. The van der Waals surface area contributed by atoms with Crippen molar-refractivity contribution in [2.45, 2.75) is 37.4 Å². The lowest BCUT2D eigenvalue weighted by Crippen LogP contribution is -2.31. The molecule has 2 aromatic rings. The Bertz CT molecular complexity index is 936. The van der Waals surface area contributed by atoms with Gasteiger partial charge in [-0.05, 0) is 24.7 Å². The monoisotopic (exact) mass is 371 g/mol. The van der Waals surface area contributed by atoms with Crippen molar-refractivity contribution in [3.05, 3.63) is 51.2 Å². The fourth-order valence-corrected chi connectivity index (χ4v) is 4.05. The van der Waals surface area contributed by atoms with Crippen molar-refractivity contribution in [2.24, 2.45) is 0 Å². The third kappa shape index (κ3) is 2.68. The molecule has 0 fully saturated rings. The minimum absolute atomic E-state index is 0.00717. The van der Waals surface area contributed by atoms with Crippen LogP contribution in [0.15, 0.2) is 40.7 Å². The number of hydrogen-bond donors (Lipinski definition) is 1. The first-order valence-electron chi connectivity index (χ1n) is 8.46. The van der Waals surface area contributed by atoms with Gasteiger partial charge in [0.1, 0.15) is 6.04 Å². The maximum absolute atomic E-state index is 12.7. The van der Waals surface area contributed by atoms with Crippen LogP contribution >= 0.6 is 11.8 Å². The Labute approximate surface area is 153 Å². The minimum atomic E-state index is -0.630. The molecule has 9 heteroatoms. The topological polar surface area (TPSA) is 103 Å². The summed E-state index contributed by atoms with van der Waals surface area (Å²) in [5.74, 6) is 1.34. The van der Waals surface area contributed by atoms with Crippen LogP contribution < -0.4 is 5.32 Å². The summed E-state index contributed by atoms with van der Waals surface area (Å²) in [6, 6.07) is 5.90. The van der Waals surface area contributed by atoms with Crippen LogP contribution in [0.3, 0.4) is 0 Å². The zero-order chi connectivity index (χ0) is 18.3. The lowest BCUT2D eigenvalue weighted by molar-refractivity contribution is -0.385. The molecule has 1 N–H and O–H groups in total. The molecule has 0 saturated heterocycles. The number of benzene rings is 1. The number of para-hydroxylation sites is 1. The molecular weight excluding hydrogens is 354 g/mol. The molecule has 1 atom stereocenters. The summed E-state index contributed by atoms with van der Waals surface area (Å²) in [6.45, 7) is 2.00. The molecule has 2 aliphatic rings. The van der Waals surface area contributed by atoms with E-state index in [1.807, 2.05) is 6.92 Å². The van der Waals surface area contributed by atoms with Crippen molar-refractivity contribution in [1.29, 1.82) is 0 Å². The zero-order valence-electron chi connectivity index (χ0n) is 14.1. The van der Waals surface area contributed by atoms with Gasteiger partial charge in [-0.1, -0.05) is 30.8 Å². The second-order valence-corrected chi connectivity index (χ2v) is 7.34. The second kappa shape index (κ2) is 6.56. The highest BCUT2D eigenvalue weighted by Crippen LogP contribution is 2.42. The summed E-state index contributed by atoms with van der Waals surface area (Å²) in [6.07, 6.45) is 1.93. The fourth-order valence-electron chi connectivity index (χ4n) is 3.50. The standard InChI is InChI=1S/C17H17N5O3S/c1-2-26-17-19-16-18-11-7-5-9-13(23)14(11)15(21(16)20-17)10-6-3-4-8-12(10)22(24)25/h3-4,6,8,15H,2,5,7,9H2,1H3,(H,18,19,20). The highest BCUT2D eigenvalue weighted by atomic mass is 32.2. The van der Waals surface area contributed by atoms with Crippen LogP contribution in [0.25, 0.3) is 0 Å². The zero-order valence-corrected chi connectivity index (χ0v) is 15.0. The molecule has 1 aliphatic heterocycles. The Hall–Kier alpha value is -2.68. The lowest BCUT2D eigenvalue weighted by Gasteiger charge is -2.31. The number of fused-ring (bicyclic) bond motifs is 1. The van der Waals surface area contributed by atoms with Crippen molar-refractivity contribution in [3.63, 3.8) is 0 Å². The van der Waals surface area contributed by atoms with Gasteiger partial charge in [-0.15, -0.1) is 5.10 Å². The largest absolute Gasteiger partial charge is 0.328 e. The highest BCUT2D eigenvalue weighted by molar-refractivity contribution is 7.99. The molecule has 1 unspecified atom stereocenters. The lowest BCUT2D eigenvalue weighted by atomic mass is 9.85. The third-order valence-electron chi connectivity index (χ3n) is 4.55. The number of nitrogens with zero attached hydrogens (tertiary/aromatic N) is 4. The van der Waals surface area contributed by atoms with Crippen LogP contribution in [0.1, 0.15) is 37.8 Å². The maximum Gasteiger partial charge on any atom is 0.275 e. The van der Waals surface area contributed by atoms with E-state index in [-0.39, 0.29) is 11.5 Å². The van der Waals surface area contributed by atoms with Gasteiger partial charge in [0, 0.05) is 23.8 Å². The van der Waals surface area contributed by atoms with E-state index in [1.165, 1.54) is 17.8 Å². The number of Topliss-reactive ketones (excluding diaryl/α,β-unsaturated/α-hetero) is 1. The molecule has 8 nitrogen and oxygen atoms in total. The van der Waals surface area contributed by atoms with Crippen molar-refractivity contribution in [1.82, 2.24) is 14.8 Å². The SMILES string of the molecule is CCSc1nc2n(n1)C(c1ccccc1[N+](=O)[O-])C1=C(CCCC1=O)N2. The minimum Gasteiger partial charge on any atom is -0.328 e. The van der Waals surface area contributed by atoms with Crippen molar-refractivity contribution in [3.8, 4) is 0 Å². The Morgan fingerprint density at radius 1 is 1.38 bits per heavy atom. The normalized spacial score (nSPS) is 19.0. The number of carbonyl (C=O) groups is 1. The summed E-state index contributed by atoms with van der Waals surface area (Å²) in [4.78, 5) is 28.3. The molecule has 0 bridgehead atoms. The van der Waals surface area contributed by atoms with E-state index in [0.717, 1.165) is 24.3 Å². The molecular formula is C17H17N5O3S. The Kier molecular flexibility index (Phi) is 4.23. The smallest absolute Gasteiger partial charge is 0.275 e. The van der Waals surface area contributed by atoms with Crippen LogP contribution in [-0.4, -0.2) is 31.2 Å². The van der Waals surface area contributed by atoms with Crippen molar-refractivity contribution in [2.75, 3.05) is 11.1 Å². The number of thioether (sulfide) groups is 1. The first kappa shape index (κ1) is 16.8. The molecule has 1 aromatic carbocycles. The van der Waals surface area contributed by atoms with Gasteiger partial charge >= 0.3 is 0 Å². The van der Waals surface area contributed by atoms with Crippen molar-refractivity contribution < 1.29 is 9.72 Å². The van der Waals surface area contributed by atoms with Crippen LogP contribution in [0.5, 0.6) is 0 Å². The Morgan fingerprint density at radius 3 is 2.96 bits per heavy atom. The number of ketones is 1. The van der Waals surface area contributed by atoms with E-state index in [0.29, 0.717) is 28.7 Å². The number of nitro groups is 1. The van der Waals surface area contributed by atoms with Gasteiger partial charge in [0.25, 0.3) is 5.69 Å². The van der Waals surface area contributed by atoms with Gasteiger partial charge in [-0.25, -0.2) is 4.68 Å². The molecule has 0 radical (unpaired) electrons. The highest BCUT2D eigenvalue weighted by Gasteiger charge is 2.39. The molecule has 134 valence electrons. The predicted octanol–water partition coefficient (Wildman–Crippen LogP) is 3.32. The number of hydrogen-bond acceptors (Lipinski definition) is 7. The summed E-state index contributed by atoms with van der Waals surface area (Å²) in [5, 5.41) is 19.9. The van der Waals surface area contributed by atoms with Crippen LogP contribution in [0, 0.1) is 10.1 Å². The number of carbonyl (C=O) groups excluding carboxylic acids is 1. The summed E-state index contributed by atoms with van der Waals surface area (Å²) < 4.78 is 1.61. The predicted molar refractivity (Wildman–Crippen MR) is 97.2 cm³/mol. The summed E-state index contributed by atoms with van der Waals surface area (Å²) >= 11 is 1.49. The fraction of sp³-hybridized carbons (Fsp3) is 0.353. The molecule has 1 aromatic heterocycles. The van der Waals surface area contributed by atoms with E-state index >= 15 is 0 Å². The van der Waals surface area contributed by atoms with Crippen LogP contribution in [0.4, 0.5) is 11.6 Å². The van der Waals surface area contributed by atoms with E-state index in [9.17, 15) is 14.9 Å². The number of rotatable bonds is 4. The quantitative estimate of drug-likeness (QED) is 0.499. The Morgan fingerprint density at radius 2 is 2.19 bits per heavy atom. The molecule has 0 saturated carbocycles. The number of anilines is 1. The van der Waals surface area contributed by atoms with Gasteiger partial charge in [-0.2, -0.15) is 4.98 Å². The Balaban J connectivity index is 1.94. The summed E-state index contributed by atoms with van der Waals surface area (Å²) in [5.41, 5.74) is 1.81. The number of aromatic nitrogens is 3. The van der Waals surface area contributed by atoms with Gasteiger partial charge in [0.05, 0.1) is 10.5 Å².